The van der Waals surface area contributed by atoms with Crippen LogP contribution in [0.1, 0.15) is 6.92 Å². The fraction of sp³-hybridized carbons (Fsp3) is 0.500. The van der Waals surface area contributed by atoms with Gasteiger partial charge >= 0.3 is 0 Å². The predicted octanol–water partition coefficient (Wildman–Crippen LogP) is 0.919. The van der Waals surface area contributed by atoms with Crippen LogP contribution in [0.25, 0.3) is 0 Å². The van der Waals surface area contributed by atoms with Gasteiger partial charge in [-0.1, -0.05) is 0 Å². The molecular formula is C10H13Br2N3O3. The highest BCUT2D eigenvalue weighted by atomic mass is 79.9. The molecule has 1 unspecified atom stereocenters. The molecule has 1 aromatic heterocycles. The first kappa shape index (κ1) is 15.3. The normalized spacial score (nSPS) is 12.2. The zero-order chi connectivity index (χ0) is 13.7. The quantitative estimate of drug-likeness (QED) is 0.821. The van der Waals surface area contributed by atoms with Crippen LogP contribution < -0.4 is 10.9 Å². The van der Waals surface area contributed by atoms with Crippen LogP contribution in [0.5, 0.6) is 0 Å². The van der Waals surface area contributed by atoms with Gasteiger partial charge in [0.15, 0.2) is 0 Å². The Kier molecular flexibility index (Phi) is 5.97. The van der Waals surface area contributed by atoms with Gasteiger partial charge in [-0.05, 0) is 38.8 Å². The maximum absolute atomic E-state index is 11.8. The number of carbonyl (C=O) groups excluding carboxylic acids is 1. The lowest BCUT2D eigenvalue weighted by molar-refractivity contribution is -0.122. The molecule has 1 rings (SSSR count). The smallest absolute Gasteiger partial charge is 0.282 e. The number of nitrogens with one attached hydrogen (secondary N) is 1. The van der Waals surface area contributed by atoms with Gasteiger partial charge in [-0.15, -0.1) is 0 Å². The van der Waals surface area contributed by atoms with Crippen molar-refractivity contribution in [3.63, 3.8) is 0 Å². The minimum absolute atomic E-state index is 0.114. The number of halogens is 2. The minimum Gasteiger partial charge on any atom is -0.383 e. The Hall–Kier alpha value is -0.730. The highest BCUT2D eigenvalue weighted by Gasteiger charge is 2.12. The lowest BCUT2D eigenvalue weighted by Gasteiger charge is -2.13. The first-order valence-corrected chi connectivity index (χ1v) is 6.73. The molecule has 0 saturated carbocycles. The fourth-order valence-corrected chi connectivity index (χ4v) is 1.87. The van der Waals surface area contributed by atoms with Gasteiger partial charge in [0.2, 0.25) is 5.91 Å². The maximum atomic E-state index is 11.8. The van der Waals surface area contributed by atoms with Crippen LogP contribution in [-0.2, 0) is 16.1 Å². The molecule has 0 aromatic carbocycles. The van der Waals surface area contributed by atoms with Crippen molar-refractivity contribution in [1.82, 2.24) is 15.1 Å². The summed E-state index contributed by atoms with van der Waals surface area (Å²) < 4.78 is 6.88. The minimum atomic E-state index is -0.362. The van der Waals surface area contributed by atoms with E-state index in [1.807, 2.05) is 6.92 Å². The predicted molar refractivity (Wildman–Crippen MR) is 73.4 cm³/mol. The zero-order valence-corrected chi connectivity index (χ0v) is 13.1. The first-order chi connectivity index (χ1) is 8.45. The van der Waals surface area contributed by atoms with Gasteiger partial charge in [0, 0.05) is 13.2 Å². The second kappa shape index (κ2) is 7.01. The van der Waals surface area contributed by atoms with Gasteiger partial charge in [-0.2, -0.15) is 5.10 Å². The number of rotatable bonds is 5. The van der Waals surface area contributed by atoms with Crippen molar-refractivity contribution in [3.8, 4) is 0 Å². The van der Waals surface area contributed by atoms with E-state index in [2.05, 4.69) is 42.3 Å². The summed E-state index contributed by atoms with van der Waals surface area (Å²) in [6, 6.07) is -0.114. The summed E-state index contributed by atoms with van der Waals surface area (Å²) in [6.45, 7) is 2.10. The standard InChI is InChI=1S/C10H13Br2N3O3/c1-6(5-18-2)14-8(16)4-15-10(17)9(12)7(11)3-13-15/h3,6H,4-5H2,1-2H3,(H,14,16). The number of hydrogen-bond acceptors (Lipinski definition) is 4. The molecule has 18 heavy (non-hydrogen) atoms. The molecule has 0 radical (unpaired) electrons. The second-order valence-electron chi connectivity index (χ2n) is 3.69. The van der Waals surface area contributed by atoms with E-state index in [9.17, 15) is 9.59 Å². The average molecular weight is 383 g/mol. The Balaban J connectivity index is 2.71. The summed E-state index contributed by atoms with van der Waals surface area (Å²) in [5.74, 6) is -0.289. The highest BCUT2D eigenvalue weighted by Crippen LogP contribution is 2.16. The van der Waals surface area contributed by atoms with Crippen LogP contribution >= 0.6 is 31.9 Å². The van der Waals surface area contributed by atoms with Crippen molar-refractivity contribution in [1.29, 1.82) is 0 Å². The van der Waals surface area contributed by atoms with Gasteiger partial charge in [-0.3, -0.25) is 9.59 Å². The molecule has 0 fully saturated rings. The van der Waals surface area contributed by atoms with E-state index in [-0.39, 0.29) is 24.1 Å². The van der Waals surface area contributed by atoms with E-state index in [0.29, 0.717) is 15.6 Å². The number of carbonyl (C=O) groups is 1. The summed E-state index contributed by atoms with van der Waals surface area (Å²) in [5.41, 5.74) is -0.362. The lowest BCUT2D eigenvalue weighted by Crippen LogP contribution is -2.40. The van der Waals surface area contributed by atoms with Gasteiger partial charge in [-0.25, -0.2) is 4.68 Å². The molecule has 0 aliphatic carbocycles. The van der Waals surface area contributed by atoms with Gasteiger partial charge in [0.25, 0.3) is 5.56 Å². The zero-order valence-electron chi connectivity index (χ0n) is 9.94. The topological polar surface area (TPSA) is 73.2 Å². The van der Waals surface area contributed by atoms with E-state index in [1.165, 1.54) is 6.20 Å². The van der Waals surface area contributed by atoms with Crippen LogP contribution in [0.2, 0.25) is 0 Å². The van der Waals surface area contributed by atoms with Crippen LogP contribution in [0.3, 0.4) is 0 Å². The van der Waals surface area contributed by atoms with Gasteiger partial charge in [0.05, 0.1) is 17.3 Å². The summed E-state index contributed by atoms with van der Waals surface area (Å²) in [5, 5.41) is 6.57. The second-order valence-corrected chi connectivity index (χ2v) is 5.34. The molecule has 8 heteroatoms. The molecular weight excluding hydrogens is 370 g/mol. The van der Waals surface area contributed by atoms with E-state index in [0.717, 1.165) is 4.68 Å². The number of hydrogen-bond donors (Lipinski definition) is 1. The third-order valence-corrected chi connectivity index (χ3v) is 3.96. The Bertz CT molecular complexity index is 490. The molecule has 1 N–H and O–H groups in total. The van der Waals surface area contributed by atoms with Crippen LogP contribution in [0, 0.1) is 0 Å². The van der Waals surface area contributed by atoms with Crippen LogP contribution in [0.15, 0.2) is 19.9 Å². The Labute approximate surface area is 121 Å². The molecule has 0 saturated heterocycles. The fourth-order valence-electron chi connectivity index (χ4n) is 1.31. The molecule has 0 aliphatic heterocycles. The molecule has 1 aromatic rings. The van der Waals surface area contributed by atoms with E-state index >= 15 is 0 Å². The van der Waals surface area contributed by atoms with Crippen molar-refractivity contribution < 1.29 is 9.53 Å². The molecule has 0 spiro atoms. The van der Waals surface area contributed by atoms with Crippen molar-refractivity contribution in [2.75, 3.05) is 13.7 Å². The lowest BCUT2D eigenvalue weighted by atomic mass is 10.3. The summed E-state index contributed by atoms with van der Waals surface area (Å²) in [4.78, 5) is 23.4. The number of ether oxygens (including phenoxy) is 1. The molecule has 1 heterocycles. The highest BCUT2D eigenvalue weighted by molar-refractivity contribution is 9.13. The van der Waals surface area contributed by atoms with Crippen molar-refractivity contribution in [2.24, 2.45) is 0 Å². The van der Waals surface area contributed by atoms with E-state index in [1.54, 1.807) is 7.11 Å². The van der Waals surface area contributed by atoms with Gasteiger partial charge in [0.1, 0.15) is 11.0 Å². The number of amides is 1. The van der Waals surface area contributed by atoms with Crippen molar-refractivity contribution in [2.45, 2.75) is 19.5 Å². The Morgan fingerprint density at radius 1 is 1.61 bits per heavy atom. The monoisotopic (exact) mass is 381 g/mol. The Morgan fingerprint density at radius 3 is 2.89 bits per heavy atom. The first-order valence-electron chi connectivity index (χ1n) is 5.15. The molecule has 6 nitrogen and oxygen atoms in total. The number of nitrogens with zero attached hydrogens (tertiary/aromatic N) is 2. The number of methoxy groups -OCH3 is 1. The third-order valence-electron chi connectivity index (χ3n) is 2.06. The van der Waals surface area contributed by atoms with Crippen molar-refractivity contribution in [3.05, 3.63) is 25.5 Å². The maximum Gasteiger partial charge on any atom is 0.282 e. The van der Waals surface area contributed by atoms with E-state index < -0.39 is 0 Å². The largest absolute Gasteiger partial charge is 0.383 e. The summed E-state index contributed by atoms with van der Waals surface area (Å²) in [6.07, 6.45) is 1.46. The molecule has 0 bridgehead atoms. The summed E-state index contributed by atoms with van der Waals surface area (Å²) >= 11 is 6.29. The SMILES string of the molecule is COCC(C)NC(=O)Cn1ncc(Br)c(Br)c1=O. The Morgan fingerprint density at radius 2 is 2.28 bits per heavy atom. The summed E-state index contributed by atoms with van der Waals surface area (Å²) in [7, 11) is 1.56. The molecule has 100 valence electrons. The third kappa shape index (κ3) is 4.18. The molecule has 0 aliphatic rings. The van der Waals surface area contributed by atoms with Gasteiger partial charge < -0.3 is 10.1 Å². The molecule has 1 atom stereocenters. The van der Waals surface area contributed by atoms with E-state index in [4.69, 9.17) is 4.74 Å². The molecule has 1 amide bonds. The van der Waals surface area contributed by atoms with Crippen LogP contribution in [-0.4, -0.2) is 35.4 Å². The number of aromatic nitrogens is 2. The average Bonchev–Trinajstić information content (AvgIpc) is 2.30. The van der Waals surface area contributed by atoms with Crippen molar-refractivity contribution >= 4 is 37.8 Å². The van der Waals surface area contributed by atoms with Crippen LogP contribution in [0.4, 0.5) is 0 Å².